The van der Waals surface area contributed by atoms with Crippen molar-refractivity contribution in [3.8, 4) is 0 Å². The van der Waals surface area contributed by atoms with Gasteiger partial charge in [-0.3, -0.25) is 4.79 Å². The number of fused-ring (bicyclic) bond motifs is 1. The van der Waals surface area contributed by atoms with Gasteiger partial charge in [-0.25, -0.2) is 9.37 Å². The van der Waals surface area contributed by atoms with Gasteiger partial charge in [-0.05, 0) is 54.3 Å². The third-order valence-corrected chi connectivity index (χ3v) is 5.57. The van der Waals surface area contributed by atoms with Gasteiger partial charge in [-0.2, -0.15) is 4.98 Å². The van der Waals surface area contributed by atoms with Gasteiger partial charge in [0.25, 0.3) is 0 Å². The van der Waals surface area contributed by atoms with E-state index in [1.54, 1.807) is 30.3 Å². The van der Waals surface area contributed by atoms with Crippen molar-refractivity contribution >= 4 is 52.1 Å². The molecule has 4 rings (SSSR count). The maximum Gasteiger partial charge on any atom is 0.229 e. The molecule has 1 aliphatic rings. The normalized spacial score (nSPS) is 14.9. The highest BCUT2D eigenvalue weighted by molar-refractivity contribution is 6.42. The Morgan fingerprint density at radius 3 is 2.33 bits per heavy atom. The first-order valence-corrected chi connectivity index (χ1v) is 10.1. The number of nitrogens with zero attached hydrogens (tertiary/aromatic N) is 2. The van der Waals surface area contributed by atoms with Crippen LogP contribution in [0, 0.1) is 11.2 Å². The molecule has 0 fully saturated rings. The van der Waals surface area contributed by atoms with Gasteiger partial charge < -0.3 is 10.6 Å². The second-order valence-electron chi connectivity index (χ2n) is 8.04. The summed E-state index contributed by atoms with van der Waals surface area (Å²) in [6, 6.07) is 11.0. The van der Waals surface area contributed by atoms with Gasteiger partial charge in [0.05, 0.1) is 21.3 Å². The number of aromatic nitrogens is 2. The van der Waals surface area contributed by atoms with E-state index >= 15 is 0 Å². The molecule has 8 heteroatoms. The molecule has 1 heterocycles. The predicted molar refractivity (Wildman–Crippen MR) is 118 cm³/mol. The van der Waals surface area contributed by atoms with Crippen molar-refractivity contribution in [3.05, 3.63) is 69.6 Å². The maximum absolute atomic E-state index is 13.2. The first-order valence-electron chi connectivity index (χ1n) is 9.39. The van der Waals surface area contributed by atoms with Gasteiger partial charge in [0, 0.05) is 17.8 Å². The Morgan fingerprint density at radius 2 is 1.63 bits per heavy atom. The van der Waals surface area contributed by atoms with Crippen LogP contribution in [0.5, 0.6) is 0 Å². The molecular weight excluding hydrogens is 426 g/mol. The lowest BCUT2D eigenvalue weighted by Crippen LogP contribution is -2.29. The summed E-state index contributed by atoms with van der Waals surface area (Å²) >= 11 is 12.1. The molecule has 0 atom stereocenters. The highest BCUT2D eigenvalue weighted by Crippen LogP contribution is 2.38. The van der Waals surface area contributed by atoms with Crippen molar-refractivity contribution in [3.63, 3.8) is 0 Å². The highest BCUT2D eigenvalue weighted by Gasteiger charge is 2.35. The molecule has 0 unspecified atom stereocenters. The molecule has 3 aromatic rings. The van der Waals surface area contributed by atoms with Crippen LogP contribution in [0.4, 0.5) is 27.5 Å². The average molecular weight is 445 g/mol. The summed E-state index contributed by atoms with van der Waals surface area (Å²) in [7, 11) is 0. The number of rotatable bonds is 4. The lowest BCUT2D eigenvalue weighted by molar-refractivity contribution is 0.0911. The van der Waals surface area contributed by atoms with E-state index in [0.717, 1.165) is 0 Å². The number of halogens is 3. The summed E-state index contributed by atoms with van der Waals surface area (Å²) in [4.78, 5) is 22.0. The SMILES string of the molecule is CC1(C)CC(=O)c2c(nc(Nc3ccc(F)cc3)nc2Nc2ccc(Cl)c(Cl)c2)C1. The topological polar surface area (TPSA) is 66.9 Å². The zero-order valence-electron chi connectivity index (χ0n) is 16.4. The largest absolute Gasteiger partial charge is 0.339 e. The van der Waals surface area contributed by atoms with E-state index in [2.05, 4.69) is 20.6 Å². The Hall–Kier alpha value is -2.70. The van der Waals surface area contributed by atoms with Crippen molar-refractivity contribution < 1.29 is 9.18 Å². The molecule has 0 saturated heterocycles. The number of nitrogens with one attached hydrogen (secondary N) is 2. The number of Topliss-reactive ketones (excluding diaryl/α,β-unsaturated/α-hetero) is 1. The van der Waals surface area contributed by atoms with E-state index in [4.69, 9.17) is 23.2 Å². The molecule has 1 aromatic heterocycles. The Kier molecular flexibility index (Phi) is 5.38. The third-order valence-electron chi connectivity index (χ3n) is 4.83. The molecule has 0 aliphatic heterocycles. The summed E-state index contributed by atoms with van der Waals surface area (Å²) in [6.07, 6.45) is 1.04. The zero-order chi connectivity index (χ0) is 21.5. The summed E-state index contributed by atoms with van der Waals surface area (Å²) in [5.41, 5.74) is 2.23. The van der Waals surface area contributed by atoms with Gasteiger partial charge in [-0.15, -0.1) is 0 Å². The fraction of sp³-hybridized carbons (Fsp3) is 0.227. The molecule has 0 saturated carbocycles. The molecule has 2 aromatic carbocycles. The second kappa shape index (κ2) is 7.85. The number of anilines is 4. The highest BCUT2D eigenvalue weighted by atomic mass is 35.5. The predicted octanol–water partition coefficient (Wildman–Crippen LogP) is 6.56. The number of benzene rings is 2. The molecular formula is C22H19Cl2FN4O. The van der Waals surface area contributed by atoms with Crippen LogP contribution in [0.25, 0.3) is 0 Å². The number of ketones is 1. The van der Waals surface area contributed by atoms with E-state index in [9.17, 15) is 9.18 Å². The Labute approximate surface area is 183 Å². The van der Waals surface area contributed by atoms with Crippen LogP contribution in [-0.2, 0) is 6.42 Å². The maximum atomic E-state index is 13.2. The number of hydrogen-bond donors (Lipinski definition) is 2. The van der Waals surface area contributed by atoms with Crippen LogP contribution in [0.3, 0.4) is 0 Å². The zero-order valence-corrected chi connectivity index (χ0v) is 17.9. The molecule has 0 radical (unpaired) electrons. The summed E-state index contributed by atoms with van der Waals surface area (Å²) in [5.74, 6) is 0.357. The fourth-order valence-electron chi connectivity index (χ4n) is 3.49. The smallest absolute Gasteiger partial charge is 0.229 e. The van der Waals surface area contributed by atoms with E-state index in [1.165, 1.54) is 12.1 Å². The molecule has 154 valence electrons. The minimum absolute atomic E-state index is 0.0165. The van der Waals surface area contributed by atoms with E-state index < -0.39 is 0 Å². The molecule has 0 bridgehead atoms. The van der Waals surface area contributed by atoms with Gasteiger partial charge in [-0.1, -0.05) is 37.0 Å². The molecule has 0 spiro atoms. The van der Waals surface area contributed by atoms with Gasteiger partial charge in [0.2, 0.25) is 5.95 Å². The van der Waals surface area contributed by atoms with Crippen LogP contribution >= 0.6 is 23.2 Å². The first kappa shape index (κ1) is 20.6. The molecule has 1 aliphatic carbocycles. The monoisotopic (exact) mass is 444 g/mol. The minimum Gasteiger partial charge on any atom is -0.339 e. The van der Waals surface area contributed by atoms with Crippen LogP contribution < -0.4 is 10.6 Å². The fourth-order valence-corrected chi connectivity index (χ4v) is 3.78. The standard InChI is InChI=1S/C22H19Cl2FN4O/c1-22(2)10-17-19(18(30)11-22)20(26-14-7-8-15(23)16(24)9-14)29-21(28-17)27-13-5-3-12(25)4-6-13/h3-9H,10-11H2,1-2H3,(H2,26,27,28,29). The van der Waals surface area contributed by atoms with E-state index in [0.29, 0.717) is 57.3 Å². The average Bonchev–Trinajstić information content (AvgIpc) is 2.65. The van der Waals surface area contributed by atoms with Crippen molar-refractivity contribution in [2.45, 2.75) is 26.7 Å². The summed E-state index contributed by atoms with van der Waals surface area (Å²) < 4.78 is 13.2. The molecule has 2 N–H and O–H groups in total. The van der Waals surface area contributed by atoms with Gasteiger partial charge in [0.15, 0.2) is 5.78 Å². The summed E-state index contributed by atoms with van der Waals surface area (Å²) in [6.45, 7) is 4.07. The van der Waals surface area contributed by atoms with Crippen molar-refractivity contribution in [2.24, 2.45) is 5.41 Å². The Morgan fingerprint density at radius 1 is 0.933 bits per heavy atom. The lowest BCUT2D eigenvalue weighted by atomic mass is 9.75. The lowest BCUT2D eigenvalue weighted by Gasteiger charge is -2.30. The van der Waals surface area contributed by atoms with Crippen LogP contribution in [0.1, 0.15) is 36.3 Å². The number of carbonyl (C=O) groups is 1. The van der Waals surface area contributed by atoms with E-state index in [-0.39, 0.29) is 17.0 Å². The van der Waals surface area contributed by atoms with Crippen molar-refractivity contribution in [1.29, 1.82) is 0 Å². The number of carbonyl (C=O) groups excluding carboxylic acids is 1. The van der Waals surface area contributed by atoms with Crippen LogP contribution in [0.2, 0.25) is 10.0 Å². The van der Waals surface area contributed by atoms with Gasteiger partial charge in [0.1, 0.15) is 11.6 Å². The van der Waals surface area contributed by atoms with E-state index in [1.807, 2.05) is 13.8 Å². The molecule has 0 amide bonds. The Balaban J connectivity index is 1.77. The first-order chi connectivity index (χ1) is 14.2. The number of hydrogen-bond acceptors (Lipinski definition) is 5. The van der Waals surface area contributed by atoms with Crippen LogP contribution in [-0.4, -0.2) is 15.8 Å². The molecule has 30 heavy (non-hydrogen) atoms. The Bertz CT molecular complexity index is 1130. The summed E-state index contributed by atoms with van der Waals surface area (Å²) in [5, 5.41) is 7.09. The van der Waals surface area contributed by atoms with Crippen molar-refractivity contribution in [1.82, 2.24) is 9.97 Å². The minimum atomic E-state index is -0.332. The van der Waals surface area contributed by atoms with Crippen molar-refractivity contribution in [2.75, 3.05) is 10.6 Å². The second-order valence-corrected chi connectivity index (χ2v) is 8.86. The third kappa shape index (κ3) is 4.40. The van der Waals surface area contributed by atoms with Crippen LogP contribution in [0.15, 0.2) is 42.5 Å². The molecule has 5 nitrogen and oxygen atoms in total. The quantitative estimate of drug-likeness (QED) is 0.476. The van der Waals surface area contributed by atoms with Gasteiger partial charge >= 0.3 is 0 Å².